The molecule has 0 radical (unpaired) electrons. The van der Waals surface area contributed by atoms with E-state index in [4.69, 9.17) is 4.74 Å². The summed E-state index contributed by atoms with van der Waals surface area (Å²) in [6.07, 6.45) is 0.570. The normalized spacial score (nSPS) is 9.79. The molecule has 0 heterocycles. The van der Waals surface area contributed by atoms with Crippen LogP contribution in [0.2, 0.25) is 0 Å². The van der Waals surface area contributed by atoms with E-state index in [1.54, 1.807) is 12.1 Å². The monoisotopic (exact) mass is 386 g/mol. The van der Waals surface area contributed by atoms with Crippen molar-refractivity contribution >= 4 is 0 Å². The molecule has 0 saturated heterocycles. The van der Waals surface area contributed by atoms with E-state index in [1.165, 1.54) is 12.1 Å². The Morgan fingerprint density at radius 2 is 1.14 bits per heavy atom. The Kier molecular flexibility index (Phi) is 6.67. The summed E-state index contributed by atoms with van der Waals surface area (Å²) < 4.78 is 33.5. The average molecular weight is 386 g/mol. The van der Waals surface area contributed by atoms with Crippen LogP contribution in [0.3, 0.4) is 0 Å². The summed E-state index contributed by atoms with van der Waals surface area (Å²) in [6, 6.07) is 17.5. The largest absolute Gasteiger partial charge is 0.494 e. The van der Waals surface area contributed by atoms with Crippen LogP contribution in [-0.4, -0.2) is 6.61 Å². The van der Waals surface area contributed by atoms with E-state index >= 15 is 0 Å². The lowest BCUT2D eigenvalue weighted by atomic mass is 10.1. The fourth-order valence-electron chi connectivity index (χ4n) is 2.67. The molecule has 0 atom stereocenters. The maximum absolute atomic E-state index is 14.0. The average Bonchev–Trinajstić information content (AvgIpc) is 2.73. The van der Waals surface area contributed by atoms with Gasteiger partial charge in [-0.3, -0.25) is 0 Å². The quantitative estimate of drug-likeness (QED) is 0.523. The van der Waals surface area contributed by atoms with Crippen molar-refractivity contribution in [1.82, 2.24) is 0 Å². The second-order valence-corrected chi connectivity index (χ2v) is 6.32. The fourth-order valence-corrected chi connectivity index (χ4v) is 2.67. The zero-order chi connectivity index (χ0) is 20.6. The second-order valence-electron chi connectivity index (χ2n) is 6.32. The van der Waals surface area contributed by atoms with Crippen LogP contribution in [0, 0.1) is 35.3 Å². The zero-order valence-corrected chi connectivity index (χ0v) is 16.4. The summed E-state index contributed by atoms with van der Waals surface area (Å²) in [7, 11) is 0. The van der Waals surface area contributed by atoms with Crippen molar-refractivity contribution in [3.05, 3.63) is 100 Å². The summed E-state index contributed by atoms with van der Waals surface area (Å²) in [5.74, 6) is 11.1. The molecule has 0 saturated carbocycles. The van der Waals surface area contributed by atoms with E-state index in [0.717, 1.165) is 16.9 Å². The highest BCUT2D eigenvalue weighted by molar-refractivity contribution is 5.49. The van der Waals surface area contributed by atoms with Crippen molar-refractivity contribution in [3.63, 3.8) is 0 Å². The lowest BCUT2D eigenvalue weighted by Gasteiger charge is -2.01. The van der Waals surface area contributed by atoms with Crippen LogP contribution in [0.5, 0.6) is 5.75 Å². The number of ether oxygens (including phenoxy) is 1. The van der Waals surface area contributed by atoms with Gasteiger partial charge in [0, 0.05) is 16.7 Å². The zero-order valence-electron chi connectivity index (χ0n) is 16.4. The fraction of sp³-hybridized carbons (Fsp3) is 0.154. The Labute approximate surface area is 170 Å². The van der Waals surface area contributed by atoms with Crippen molar-refractivity contribution in [2.24, 2.45) is 0 Å². The van der Waals surface area contributed by atoms with Gasteiger partial charge in [0.05, 0.1) is 12.2 Å². The first-order chi connectivity index (χ1) is 14.1. The summed E-state index contributed by atoms with van der Waals surface area (Å²) in [5.41, 5.74) is 2.78. The van der Waals surface area contributed by atoms with Gasteiger partial charge in [0.1, 0.15) is 17.4 Å². The van der Waals surface area contributed by atoms with E-state index in [2.05, 4.69) is 23.7 Å². The van der Waals surface area contributed by atoms with Gasteiger partial charge in [0.2, 0.25) is 0 Å². The van der Waals surface area contributed by atoms with Gasteiger partial charge in [-0.25, -0.2) is 8.78 Å². The highest BCUT2D eigenvalue weighted by Gasteiger charge is 2.08. The third-order valence-corrected chi connectivity index (χ3v) is 4.24. The third-order valence-electron chi connectivity index (χ3n) is 4.24. The predicted octanol–water partition coefficient (Wildman–Crippen LogP) is 5.73. The Bertz CT molecular complexity index is 1080. The number of aryl methyl sites for hydroxylation is 1. The first-order valence-corrected chi connectivity index (χ1v) is 9.44. The second kappa shape index (κ2) is 9.58. The molecule has 0 spiro atoms. The van der Waals surface area contributed by atoms with E-state index in [1.807, 2.05) is 50.2 Å². The SMILES string of the molecule is CCOc1ccc(C#Cc2ccc(C#Cc3c(F)cc(CC)cc3F)cc2)cc1. The number of hydrogen-bond donors (Lipinski definition) is 0. The minimum Gasteiger partial charge on any atom is -0.494 e. The molecule has 0 aliphatic heterocycles. The molecule has 3 rings (SSSR count). The summed E-state index contributed by atoms with van der Waals surface area (Å²) in [6.45, 7) is 4.42. The summed E-state index contributed by atoms with van der Waals surface area (Å²) in [4.78, 5) is 0. The van der Waals surface area contributed by atoms with E-state index in [-0.39, 0.29) is 5.56 Å². The van der Waals surface area contributed by atoms with Gasteiger partial charge in [-0.15, -0.1) is 0 Å². The van der Waals surface area contributed by atoms with Crippen molar-refractivity contribution in [2.45, 2.75) is 20.3 Å². The molecule has 0 fully saturated rings. The molecule has 0 N–H and O–H groups in total. The van der Waals surface area contributed by atoms with Crippen molar-refractivity contribution in [2.75, 3.05) is 6.61 Å². The van der Waals surface area contributed by atoms with Crippen LogP contribution in [0.15, 0.2) is 60.7 Å². The first-order valence-electron chi connectivity index (χ1n) is 9.44. The Hall–Kier alpha value is -3.56. The molecule has 0 unspecified atom stereocenters. The molecular weight excluding hydrogens is 366 g/mol. The summed E-state index contributed by atoms with van der Waals surface area (Å²) >= 11 is 0. The molecule has 0 aromatic heterocycles. The highest BCUT2D eigenvalue weighted by atomic mass is 19.1. The molecule has 0 aliphatic rings. The summed E-state index contributed by atoms with van der Waals surface area (Å²) in [5, 5.41) is 0. The van der Waals surface area contributed by atoms with E-state index < -0.39 is 11.6 Å². The smallest absolute Gasteiger partial charge is 0.142 e. The van der Waals surface area contributed by atoms with E-state index in [9.17, 15) is 8.78 Å². The highest BCUT2D eigenvalue weighted by Crippen LogP contribution is 2.15. The molecule has 3 aromatic rings. The Morgan fingerprint density at radius 1 is 0.690 bits per heavy atom. The molecule has 29 heavy (non-hydrogen) atoms. The van der Waals surface area contributed by atoms with Crippen molar-refractivity contribution in [3.8, 4) is 29.4 Å². The minimum atomic E-state index is -0.632. The van der Waals surface area contributed by atoms with Gasteiger partial charge >= 0.3 is 0 Å². The molecule has 1 nitrogen and oxygen atoms in total. The van der Waals surface area contributed by atoms with Crippen LogP contribution >= 0.6 is 0 Å². The molecule has 0 bridgehead atoms. The number of halogens is 2. The van der Waals surface area contributed by atoms with Crippen molar-refractivity contribution in [1.29, 1.82) is 0 Å². The van der Waals surface area contributed by atoms with Crippen LogP contribution in [-0.2, 0) is 6.42 Å². The van der Waals surface area contributed by atoms with Gasteiger partial charge in [-0.1, -0.05) is 30.6 Å². The molecule has 144 valence electrons. The van der Waals surface area contributed by atoms with Crippen LogP contribution in [0.1, 0.15) is 41.7 Å². The standard InChI is InChI=1S/C26H20F2O/c1-3-19-17-25(27)24(26(28)18-19)16-13-21-8-5-20(6-9-21)7-10-22-11-14-23(15-12-22)29-4-2/h5-6,8-9,11-12,14-15,17-18H,3-4H2,1-2H3. The Morgan fingerprint density at radius 3 is 1.59 bits per heavy atom. The topological polar surface area (TPSA) is 9.23 Å². The third kappa shape index (κ3) is 5.47. The minimum absolute atomic E-state index is 0.207. The van der Waals surface area contributed by atoms with Gasteiger partial charge in [-0.05, 0) is 79.6 Å². The number of hydrogen-bond acceptors (Lipinski definition) is 1. The molecule has 3 heteroatoms. The predicted molar refractivity (Wildman–Crippen MR) is 112 cm³/mol. The number of rotatable bonds is 3. The number of benzene rings is 3. The lowest BCUT2D eigenvalue weighted by Crippen LogP contribution is -1.93. The van der Waals surface area contributed by atoms with Crippen LogP contribution in [0.25, 0.3) is 0 Å². The van der Waals surface area contributed by atoms with Crippen LogP contribution in [0.4, 0.5) is 8.78 Å². The van der Waals surface area contributed by atoms with Crippen LogP contribution < -0.4 is 4.74 Å². The Balaban J connectivity index is 1.73. The maximum atomic E-state index is 14.0. The lowest BCUT2D eigenvalue weighted by molar-refractivity contribution is 0.340. The molecule has 0 aliphatic carbocycles. The van der Waals surface area contributed by atoms with Gasteiger partial charge in [0.15, 0.2) is 0 Å². The van der Waals surface area contributed by atoms with Gasteiger partial charge in [0.25, 0.3) is 0 Å². The molecular formula is C26H20F2O. The van der Waals surface area contributed by atoms with Gasteiger partial charge in [-0.2, -0.15) is 0 Å². The van der Waals surface area contributed by atoms with Crippen molar-refractivity contribution < 1.29 is 13.5 Å². The maximum Gasteiger partial charge on any atom is 0.142 e. The molecule has 3 aromatic carbocycles. The molecule has 0 amide bonds. The van der Waals surface area contributed by atoms with E-state index in [0.29, 0.717) is 24.2 Å². The first kappa shape index (κ1) is 20.2. The van der Waals surface area contributed by atoms with Gasteiger partial charge < -0.3 is 4.74 Å².